The quantitative estimate of drug-likeness (QED) is 0.600. The second-order valence-corrected chi connectivity index (χ2v) is 3.86. The number of likely N-dealkylation sites (N-methyl/N-ethyl adjacent to an activating group) is 2. The van der Waals surface area contributed by atoms with Crippen LogP contribution in [0.1, 0.15) is 13.8 Å². The predicted molar refractivity (Wildman–Crippen MR) is 59.7 cm³/mol. The van der Waals surface area contributed by atoms with Gasteiger partial charge in [-0.1, -0.05) is 12.7 Å². The van der Waals surface area contributed by atoms with E-state index in [0.29, 0.717) is 6.04 Å². The standard InChI is InChI=1S/C11H22N2/c1-10(2)13(6)11(3)8-7-9-12(4)5/h7-8,10H,3,9H2,1-2,4-6H3/b8-7+. The zero-order valence-electron chi connectivity index (χ0n) is 9.54. The molecule has 0 saturated carbocycles. The number of rotatable bonds is 5. The van der Waals surface area contributed by atoms with E-state index in [4.69, 9.17) is 0 Å². The summed E-state index contributed by atoms with van der Waals surface area (Å²) in [5, 5.41) is 0. The third kappa shape index (κ3) is 5.47. The van der Waals surface area contributed by atoms with E-state index in [-0.39, 0.29) is 0 Å². The van der Waals surface area contributed by atoms with Crippen molar-refractivity contribution in [1.29, 1.82) is 0 Å². The molecule has 13 heavy (non-hydrogen) atoms. The Labute approximate surface area is 82.5 Å². The van der Waals surface area contributed by atoms with Crippen molar-refractivity contribution < 1.29 is 0 Å². The van der Waals surface area contributed by atoms with Gasteiger partial charge in [0.1, 0.15) is 0 Å². The van der Waals surface area contributed by atoms with E-state index >= 15 is 0 Å². The normalized spacial score (nSPS) is 11.6. The molecule has 0 fully saturated rings. The predicted octanol–water partition coefficient (Wildman–Crippen LogP) is 1.96. The maximum absolute atomic E-state index is 3.99. The van der Waals surface area contributed by atoms with Crippen molar-refractivity contribution >= 4 is 0 Å². The van der Waals surface area contributed by atoms with Gasteiger partial charge < -0.3 is 9.80 Å². The Bertz CT molecular complexity index is 181. The Morgan fingerprint density at radius 2 is 1.85 bits per heavy atom. The van der Waals surface area contributed by atoms with Gasteiger partial charge in [0, 0.05) is 25.3 Å². The molecule has 0 unspecified atom stereocenters. The van der Waals surface area contributed by atoms with E-state index in [1.165, 1.54) is 0 Å². The molecule has 0 spiro atoms. The van der Waals surface area contributed by atoms with Crippen molar-refractivity contribution in [2.75, 3.05) is 27.7 Å². The zero-order valence-corrected chi connectivity index (χ0v) is 9.54. The van der Waals surface area contributed by atoms with Crippen LogP contribution in [0.2, 0.25) is 0 Å². The van der Waals surface area contributed by atoms with Crippen molar-refractivity contribution in [3.05, 3.63) is 24.4 Å². The second kappa shape index (κ2) is 5.81. The van der Waals surface area contributed by atoms with E-state index in [9.17, 15) is 0 Å². The minimum Gasteiger partial charge on any atom is -0.373 e. The molecule has 0 N–H and O–H groups in total. The van der Waals surface area contributed by atoms with Crippen LogP contribution in [-0.4, -0.2) is 43.5 Å². The van der Waals surface area contributed by atoms with Crippen LogP contribution >= 0.6 is 0 Å². The molecule has 0 aliphatic rings. The van der Waals surface area contributed by atoms with E-state index < -0.39 is 0 Å². The molecule has 2 heteroatoms. The van der Waals surface area contributed by atoms with Gasteiger partial charge in [-0.2, -0.15) is 0 Å². The molecule has 0 aromatic heterocycles. The van der Waals surface area contributed by atoms with Gasteiger partial charge in [-0.25, -0.2) is 0 Å². The minimum atomic E-state index is 0.511. The van der Waals surface area contributed by atoms with Crippen LogP contribution in [0.15, 0.2) is 24.4 Å². The first-order valence-electron chi connectivity index (χ1n) is 4.68. The lowest BCUT2D eigenvalue weighted by Crippen LogP contribution is -2.24. The number of hydrogen-bond donors (Lipinski definition) is 0. The summed E-state index contributed by atoms with van der Waals surface area (Å²) in [6, 6.07) is 0.511. The van der Waals surface area contributed by atoms with Crippen molar-refractivity contribution in [3.63, 3.8) is 0 Å². The SMILES string of the molecule is C=C(/C=C/CN(C)C)N(C)C(C)C. The fraction of sp³-hybridized carbons (Fsp3) is 0.636. The number of nitrogens with zero attached hydrogens (tertiary/aromatic N) is 2. The fourth-order valence-electron chi connectivity index (χ4n) is 0.849. The lowest BCUT2D eigenvalue weighted by atomic mass is 10.3. The highest BCUT2D eigenvalue weighted by Gasteiger charge is 2.01. The molecule has 2 nitrogen and oxygen atoms in total. The molecule has 0 aliphatic carbocycles. The Balaban J connectivity index is 3.93. The molecule has 0 bridgehead atoms. The summed E-state index contributed by atoms with van der Waals surface area (Å²) < 4.78 is 0. The molecule has 0 heterocycles. The smallest absolute Gasteiger partial charge is 0.0290 e. The van der Waals surface area contributed by atoms with Crippen molar-refractivity contribution in [1.82, 2.24) is 9.80 Å². The molecule has 0 saturated heterocycles. The molecular weight excluding hydrogens is 160 g/mol. The highest BCUT2D eigenvalue weighted by atomic mass is 15.1. The van der Waals surface area contributed by atoms with Gasteiger partial charge in [-0.15, -0.1) is 0 Å². The Morgan fingerprint density at radius 1 is 1.31 bits per heavy atom. The van der Waals surface area contributed by atoms with Crippen LogP contribution in [0, 0.1) is 0 Å². The van der Waals surface area contributed by atoms with Crippen LogP contribution in [0.3, 0.4) is 0 Å². The summed E-state index contributed by atoms with van der Waals surface area (Å²) in [5.41, 5.74) is 1.07. The Morgan fingerprint density at radius 3 is 2.23 bits per heavy atom. The Kier molecular flexibility index (Phi) is 5.47. The van der Waals surface area contributed by atoms with Gasteiger partial charge in [-0.3, -0.25) is 0 Å². The highest BCUT2D eigenvalue weighted by Crippen LogP contribution is 2.04. The lowest BCUT2D eigenvalue weighted by Gasteiger charge is -2.23. The highest BCUT2D eigenvalue weighted by molar-refractivity contribution is 5.13. The monoisotopic (exact) mass is 182 g/mol. The molecule has 0 atom stereocenters. The molecule has 0 aromatic rings. The molecular formula is C11H22N2. The van der Waals surface area contributed by atoms with Crippen molar-refractivity contribution in [2.45, 2.75) is 19.9 Å². The van der Waals surface area contributed by atoms with Gasteiger partial charge in [0.15, 0.2) is 0 Å². The fourth-order valence-corrected chi connectivity index (χ4v) is 0.849. The lowest BCUT2D eigenvalue weighted by molar-refractivity contribution is 0.355. The number of allylic oxidation sites excluding steroid dienone is 1. The average Bonchev–Trinajstić information content (AvgIpc) is 2.02. The minimum absolute atomic E-state index is 0.511. The Hall–Kier alpha value is -0.760. The summed E-state index contributed by atoms with van der Waals surface area (Å²) in [4.78, 5) is 4.28. The van der Waals surface area contributed by atoms with Crippen molar-refractivity contribution in [3.8, 4) is 0 Å². The summed E-state index contributed by atoms with van der Waals surface area (Å²) in [6.07, 6.45) is 4.20. The van der Waals surface area contributed by atoms with Gasteiger partial charge >= 0.3 is 0 Å². The maximum Gasteiger partial charge on any atom is 0.0290 e. The molecule has 0 aromatic carbocycles. The van der Waals surface area contributed by atoms with E-state index in [1.54, 1.807) is 0 Å². The van der Waals surface area contributed by atoms with Crippen LogP contribution in [0.25, 0.3) is 0 Å². The number of hydrogen-bond acceptors (Lipinski definition) is 2. The summed E-state index contributed by atoms with van der Waals surface area (Å²) >= 11 is 0. The van der Waals surface area contributed by atoms with E-state index in [2.05, 4.69) is 63.5 Å². The van der Waals surface area contributed by atoms with Crippen LogP contribution in [0.5, 0.6) is 0 Å². The van der Waals surface area contributed by atoms with Crippen LogP contribution in [0.4, 0.5) is 0 Å². The van der Waals surface area contributed by atoms with Crippen LogP contribution < -0.4 is 0 Å². The summed E-state index contributed by atoms with van der Waals surface area (Å²) in [5.74, 6) is 0. The largest absolute Gasteiger partial charge is 0.373 e. The molecule has 76 valence electrons. The molecule has 0 radical (unpaired) electrons. The van der Waals surface area contributed by atoms with Gasteiger partial charge in [-0.05, 0) is 34.0 Å². The van der Waals surface area contributed by atoms with Crippen molar-refractivity contribution in [2.24, 2.45) is 0 Å². The summed E-state index contributed by atoms with van der Waals surface area (Å²) in [6.45, 7) is 9.27. The molecule has 0 aliphatic heterocycles. The average molecular weight is 182 g/mol. The molecule has 0 rings (SSSR count). The third-order valence-electron chi connectivity index (χ3n) is 2.01. The first-order valence-corrected chi connectivity index (χ1v) is 4.68. The topological polar surface area (TPSA) is 6.48 Å². The maximum atomic E-state index is 3.99. The van der Waals surface area contributed by atoms with Gasteiger partial charge in [0.2, 0.25) is 0 Å². The van der Waals surface area contributed by atoms with E-state index in [0.717, 1.165) is 12.2 Å². The van der Waals surface area contributed by atoms with Gasteiger partial charge in [0.25, 0.3) is 0 Å². The third-order valence-corrected chi connectivity index (χ3v) is 2.01. The first-order chi connectivity index (χ1) is 5.95. The second-order valence-electron chi connectivity index (χ2n) is 3.86. The van der Waals surface area contributed by atoms with Crippen LogP contribution in [-0.2, 0) is 0 Å². The molecule has 0 amide bonds. The van der Waals surface area contributed by atoms with E-state index in [1.807, 2.05) is 0 Å². The zero-order chi connectivity index (χ0) is 10.4. The first kappa shape index (κ1) is 12.2. The van der Waals surface area contributed by atoms with Gasteiger partial charge in [0.05, 0.1) is 0 Å². The summed E-state index contributed by atoms with van der Waals surface area (Å²) in [7, 11) is 6.17.